The van der Waals surface area contributed by atoms with Gasteiger partial charge in [0.15, 0.2) is 0 Å². The maximum Gasteiger partial charge on any atom is 0.329 e. The molecule has 1 rings (SSSR count). The molecular formula is C6H11N5O3. The van der Waals surface area contributed by atoms with E-state index in [1.807, 2.05) is 0 Å². The molecule has 78 valence electrons. The van der Waals surface area contributed by atoms with Crippen molar-refractivity contribution in [3.63, 3.8) is 0 Å². The highest BCUT2D eigenvalue weighted by Gasteiger charge is 2.00. The van der Waals surface area contributed by atoms with E-state index in [-0.39, 0.29) is 6.61 Å². The second-order valence-electron chi connectivity index (χ2n) is 2.50. The lowest BCUT2D eigenvalue weighted by atomic mass is 10.6. The van der Waals surface area contributed by atoms with Gasteiger partial charge in [-0.3, -0.25) is 0 Å². The number of tetrazole rings is 1. The number of carboxylic acid groups (broad SMARTS) is 1. The Morgan fingerprint density at radius 3 is 3.07 bits per heavy atom. The third-order valence-corrected chi connectivity index (χ3v) is 1.38. The second-order valence-corrected chi connectivity index (χ2v) is 2.50. The van der Waals surface area contributed by atoms with Crippen LogP contribution >= 0.6 is 0 Å². The smallest absolute Gasteiger partial charge is 0.329 e. The van der Waals surface area contributed by atoms with Crippen molar-refractivity contribution in [2.24, 2.45) is 7.05 Å². The van der Waals surface area contributed by atoms with Crippen LogP contribution in [0.1, 0.15) is 0 Å². The average molecular weight is 201 g/mol. The molecule has 0 atom stereocenters. The number of carboxylic acids is 1. The Morgan fingerprint density at radius 1 is 1.71 bits per heavy atom. The van der Waals surface area contributed by atoms with E-state index in [0.717, 1.165) is 0 Å². The van der Waals surface area contributed by atoms with Crippen LogP contribution in [0, 0.1) is 0 Å². The van der Waals surface area contributed by atoms with Crippen molar-refractivity contribution >= 4 is 11.9 Å². The van der Waals surface area contributed by atoms with Gasteiger partial charge < -0.3 is 15.2 Å². The molecule has 0 aliphatic rings. The van der Waals surface area contributed by atoms with Crippen molar-refractivity contribution in [1.29, 1.82) is 0 Å². The summed E-state index contributed by atoms with van der Waals surface area (Å²) in [6, 6.07) is 0. The SMILES string of the molecule is Cn1nnnc1NCCOCC(=O)O. The predicted octanol–water partition coefficient (Wildman–Crippen LogP) is -1.28. The van der Waals surface area contributed by atoms with Crippen molar-refractivity contribution in [2.45, 2.75) is 0 Å². The zero-order valence-corrected chi connectivity index (χ0v) is 7.67. The zero-order chi connectivity index (χ0) is 10.4. The quantitative estimate of drug-likeness (QED) is 0.553. The predicted molar refractivity (Wildman–Crippen MR) is 45.7 cm³/mol. The van der Waals surface area contributed by atoms with Gasteiger partial charge in [-0.25, -0.2) is 9.48 Å². The van der Waals surface area contributed by atoms with Crippen molar-refractivity contribution in [3.8, 4) is 0 Å². The molecule has 0 saturated heterocycles. The fourth-order valence-electron chi connectivity index (χ4n) is 0.774. The number of rotatable bonds is 6. The van der Waals surface area contributed by atoms with Crippen LogP contribution in [-0.4, -0.2) is 51.0 Å². The van der Waals surface area contributed by atoms with Crippen LogP contribution < -0.4 is 5.32 Å². The summed E-state index contributed by atoms with van der Waals surface area (Å²) in [6.45, 7) is 0.458. The number of aryl methyl sites for hydroxylation is 1. The van der Waals surface area contributed by atoms with Gasteiger partial charge in [0.2, 0.25) is 5.95 Å². The first-order valence-corrected chi connectivity index (χ1v) is 3.96. The summed E-state index contributed by atoms with van der Waals surface area (Å²) in [4.78, 5) is 10.1. The Hall–Kier alpha value is -1.70. The molecule has 8 nitrogen and oxygen atoms in total. The average Bonchev–Trinajstić information content (AvgIpc) is 2.51. The molecule has 1 aromatic heterocycles. The highest BCUT2D eigenvalue weighted by molar-refractivity contribution is 5.67. The van der Waals surface area contributed by atoms with Gasteiger partial charge in [0.25, 0.3) is 0 Å². The van der Waals surface area contributed by atoms with E-state index in [0.29, 0.717) is 19.1 Å². The zero-order valence-electron chi connectivity index (χ0n) is 7.67. The Balaban J connectivity index is 2.10. The molecular weight excluding hydrogens is 190 g/mol. The highest BCUT2D eigenvalue weighted by atomic mass is 16.5. The molecule has 0 spiro atoms. The Labute approximate surface area is 79.9 Å². The lowest BCUT2D eigenvalue weighted by Gasteiger charge is -2.03. The lowest BCUT2D eigenvalue weighted by Crippen LogP contribution is -2.15. The van der Waals surface area contributed by atoms with Crippen molar-refractivity contribution in [3.05, 3.63) is 0 Å². The molecule has 0 amide bonds. The number of nitrogens with one attached hydrogen (secondary N) is 1. The first kappa shape index (κ1) is 10.4. The molecule has 0 aliphatic carbocycles. The van der Waals surface area contributed by atoms with Gasteiger partial charge in [-0.2, -0.15) is 0 Å². The van der Waals surface area contributed by atoms with E-state index in [1.54, 1.807) is 7.05 Å². The van der Waals surface area contributed by atoms with Crippen LogP contribution in [0.4, 0.5) is 5.95 Å². The third kappa shape index (κ3) is 3.35. The Morgan fingerprint density at radius 2 is 2.50 bits per heavy atom. The Kier molecular flexibility index (Phi) is 3.80. The summed E-state index contributed by atoms with van der Waals surface area (Å²) < 4.78 is 6.26. The lowest BCUT2D eigenvalue weighted by molar-refractivity contribution is -0.142. The summed E-state index contributed by atoms with van der Waals surface area (Å²) >= 11 is 0. The minimum atomic E-state index is -0.981. The topological polar surface area (TPSA) is 102 Å². The van der Waals surface area contributed by atoms with Crippen LogP contribution in [0.25, 0.3) is 0 Å². The maximum absolute atomic E-state index is 10.1. The minimum Gasteiger partial charge on any atom is -0.480 e. The molecule has 0 bridgehead atoms. The highest BCUT2D eigenvalue weighted by Crippen LogP contribution is 1.93. The van der Waals surface area contributed by atoms with Gasteiger partial charge in [-0.1, -0.05) is 5.10 Å². The van der Waals surface area contributed by atoms with E-state index in [2.05, 4.69) is 20.8 Å². The molecule has 0 radical (unpaired) electrons. The monoisotopic (exact) mass is 201 g/mol. The number of ether oxygens (including phenoxy) is 1. The standard InChI is InChI=1S/C6H11N5O3/c1-11-6(8-9-10-11)7-2-3-14-4-5(12)13/h2-4H2,1H3,(H,12,13)(H,7,8,10). The fraction of sp³-hybridized carbons (Fsp3) is 0.667. The van der Waals surface area contributed by atoms with Crippen molar-refractivity contribution in [1.82, 2.24) is 20.2 Å². The largest absolute Gasteiger partial charge is 0.480 e. The number of hydrogen-bond acceptors (Lipinski definition) is 6. The van der Waals surface area contributed by atoms with Crippen LogP contribution in [0.5, 0.6) is 0 Å². The van der Waals surface area contributed by atoms with Crippen LogP contribution in [0.3, 0.4) is 0 Å². The van der Waals surface area contributed by atoms with Gasteiger partial charge in [0.1, 0.15) is 6.61 Å². The molecule has 8 heteroatoms. The van der Waals surface area contributed by atoms with Gasteiger partial charge in [-0.15, -0.1) is 0 Å². The number of carbonyl (C=O) groups is 1. The maximum atomic E-state index is 10.1. The number of aliphatic carboxylic acids is 1. The Bertz CT molecular complexity index is 299. The molecule has 0 fully saturated rings. The van der Waals surface area contributed by atoms with Gasteiger partial charge in [-0.05, 0) is 10.4 Å². The molecule has 1 aromatic rings. The third-order valence-electron chi connectivity index (χ3n) is 1.38. The summed E-state index contributed by atoms with van der Waals surface area (Å²) in [5, 5.41) is 21.8. The number of hydrogen-bond donors (Lipinski definition) is 2. The van der Waals surface area contributed by atoms with Crippen LogP contribution in [0.15, 0.2) is 0 Å². The number of aromatic nitrogens is 4. The minimum absolute atomic E-state index is 0.291. The van der Waals surface area contributed by atoms with E-state index < -0.39 is 5.97 Å². The van der Waals surface area contributed by atoms with Crippen molar-refractivity contribution < 1.29 is 14.6 Å². The second kappa shape index (κ2) is 5.12. The molecule has 2 N–H and O–H groups in total. The van der Waals surface area contributed by atoms with E-state index in [1.165, 1.54) is 4.68 Å². The first-order valence-electron chi connectivity index (χ1n) is 3.96. The van der Waals surface area contributed by atoms with E-state index in [4.69, 9.17) is 9.84 Å². The van der Waals surface area contributed by atoms with Gasteiger partial charge >= 0.3 is 5.97 Å². The van der Waals surface area contributed by atoms with Crippen LogP contribution in [-0.2, 0) is 16.6 Å². The molecule has 1 heterocycles. The fourth-order valence-corrected chi connectivity index (χ4v) is 0.774. The van der Waals surface area contributed by atoms with Crippen LogP contribution in [0.2, 0.25) is 0 Å². The van der Waals surface area contributed by atoms with Gasteiger partial charge in [0, 0.05) is 13.6 Å². The van der Waals surface area contributed by atoms with Crippen molar-refractivity contribution in [2.75, 3.05) is 25.1 Å². The number of anilines is 1. The molecule has 0 aromatic carbocycles. The molecule has 0 unspecified atom stereocenters. The summed E-state index contributed by atoms with van der Waals surface area (Å²) in [5.74, 6) is -0.464. The molecule has 14 heavy (non-hydrogen) atoms. The number of nitrogens with zero attached hydrogens (tertiary/aromatic N) is 4. The normalized spacial score (nSPS) is 10.1. The summed E-state index contributed by atoms with van der Waals surface area (Å²) in [6.07, 6.45) is 0. The first-order chi connectivity index (χ1) is 6.70. The van der Waals surface area contributed by atoms with E-state index in [9.17, 15) is 4.79 Å². The molecule has 0 aliphatic heterocycles. The van der Waals surface area contributed by atoms with E-state index >= 15 is 0 Å². The summed E-state index contributed by atoms with van der Waals surface area (Å²) in [7, 11) is 1.69. The van der Waals surface area contributed by atoms with Gasteiger partial charge in [0.05, 0.1) is 6.61 Å². The molecule has 0 saturated carbocycles. The summed E-state index contributed by atoms with van der Waals surface area (Å²) in [5.41, 5.74) is 0.